The van der Waals surface area contributed by atoms with Crippen LogP contribution >= 0.6 is 0 Å². The first-order valence-electron chi connectivity index (χ1n) is 1.06. The molecule has 10 heteroatoms. The number of hydrogen-bond acceptors (Lipinski definition) is 3. The Labute approximate surface area is 84.7 Å². The fourth-order valence-corrected chi connectivity index (χ4v) is 0. The maximum atomic E-state index is 8.67. The molecule has 62 valence electrons. The summed E-state index contributed by atoms with van der Waals surface area (Å²) >= 11 is -5.22. The van der Waals surface area contributed by atoms with Gasteiger partial charge in [0.2, 0.25) is 0 Å². The average molecular weight is 205 g/mol. The summed E-state index contributed by atoms with van der Waals surface area (Å²) in [6.07, 6.45) is 0. The monoisotopic (exact) mass is 205 g/mol. The molecule has 10 heavy (non-hydrogen) atoms. The third-order valence-electron chi connectivity index (χ3n) is 0. The van der Waals surface area contributed by atoms with Crippen LogP contribution in [0, 0.1) is 0 Å². The van der Waals surface area contributed by atoms with E-state index in [1.807, 2.05) is 0 Å². The average Bonchev–Trinajstić information content (AvgIpc) is 1.25. The predicted octanol–water partition coefficient (Wildman–Crippen LogP) is -1.12. The van der Waals surface area contributed by atoms with Gasteiger partial charge in [0.05, 0.1) is 0 Å². The zero-order chi connectivity index (χ0) is 7.15. The Balaban J connectivity index is -0.0000000300. The second-order valence-corrected chi connectivity index (χ2v) is 1.38. The van der Waals surface area contributed by atoms with E-state index < -0.39 is 22.7 Å². The topological polar surface area (TPSA) is 150 Å². The fraction of sp³-hybridized carbons (Fsp3) is 0. The van der Waals surface area contributed by atoms with Crippen molar-refractivity contribution >= 4 is 52.3 Å². The quantitative estimate of drug-likeness (QED) is 0.248. The molecule has 0 atom stereocenters. The minimum absolute atomic E-state index is 0. The van der Waals surface area contributed by atoms with Crippen molar-refractivity contribution in [3.05, 3.63) is 0 Å². The van der Waals surface area contributed by atoms with E-state index in [0.29, 0.717) is 0 Å². The molecule has 7 nitrogen and oxygen atoms in total. The van der Waals surface area contributed by atoms with Gasteiger partial charge in [0.15, 0.2) is 0 Å². The molecule has 0 unspecified atom stereocenters. The molecule has 0 saturated heterocycles. The van der Waals surface area contributed by atoms with Crippen molar-refractivity contribution in [3.63, 3.8) is 0 Å². The first-order chi connectivity index (χ1) is 3.46. The molecule has 0 heterocycles. The molecular formula is H8NNaO6S2. The first kappa shape index (κ1) is 22.5. The van der Waals surface area contributed by atoms with Gasteiger partial charge in [0.1, 0.15) is 0 Å². The summed E-state index contributed by atoms with van der Waals surface area (Å²) in [4.78, 5) is 0. The Bertz CT molecular complexity index is 73.7. The summed E-state index contributed by atoms with van der Waals surface area (Å²) in [5.74, 6) is 0. The van der Waals surface area contributed by atoms with E-state index >= 15 is 0 Å². The van der Waals surface area contributed by atoms with Crippen molar-refractivity contribution in [2.45, 2.75) is 0 Å². The molecule has 0 rings (SSSR count). The van der Waals surface area contributed by atoms with Gasteiger partial charge in [-0.2, -0.15) is 8.42 Å². The van der Waals surface area contributed by atoms with Crippen molar-refractivity contribution in [2.24, 2.45) is 0 Å². The van der Waals surface area contributed by atoms with Crippen LogP contribution in [0.1, 0.15) is 0 Å². The van der Waals surface area contributed by atoms with E-state index in [2.05, 4.69) is 0 Å². The van der Waals surface area contributed by atoms with Crippen LogP contribution in [-0.4, -0.2) is 56.2 Å². The van der Waals surface area contributed by atoms with Crippen molar-refractivity contribution < 1.29 is 26.6 Å². The van der Waals surface area contributed by atoms with Gasteiger partial charge in [-0.1, -0.05) is 0 Å². The standard InChI is InChI=1S/H3N.Na.2H2O3S.H/c;;2*1-4(2)3;/h1H3;;2*(H2,1,2,3);. The van der Waals surface area contributed by atoms with Crippen molar-refractivity contribution in [2.75, 3.05) is 0 Å². The Morgan fingerprint density at radius 1 is 0.800 bits per heavy atom. The summed E-state index contributed by atoms with van der Waals surface area (Å²) < 4.78 is 45.7. The third-order valence-corrected chi connectivity index (χ3v) is 0. The SMILES string of the molecule is N.O=S(O)O.O=S(O)O.[NaH]. The molecule has 0 aliphatic rings. The van der Waals surface area contributed by atoms with Crippen LogP contribution in [0.3, 0.4) is 0 Å². The van der Waals surface area contributed by atoms with Crippen LogP contribution in [0.2, 0.25) is 0 Å². The molecule has 0 aliphatic carbocycles. The zero-order valence-electron chi connectivity index (χ0n) is 4.13. The molecule has 0 aromatic heterocycles. The number of rotatable bonds is 0. The summed E-state index contributed by atoms with van der Waals surface area (Å²) in [5.41, 5.74) is 0. The van der Waals surface area contributed by atoms with Gasteiger partial charge in [-0.15, -0.1) is 0 Å². The number of hydrogen-bond donors (Lipinski definition) is 5. The summed E-state index contributed by atoms with van der Waals surface area (Å²) in [5, 5.41) is 0. The predicted molar refractivity (Wildman–Crippen MR) is 39.0 cm³/mol. The summed E-state index contributed by atoms with van der Waals surface area (Å²) in [6, 6.07) is 0. The summed E-state index contributed by atoms with van der Waals surface area (Å²) in [7, 11) is 0. The molecule has 0 aliphatic heterocycles. The second kappa shape index (κ2) is 16.6. The Morgan fingerprint density at radius 2 is 0.800 bits per heavy atom. The van der Waals surface area contributed by atoms with E-state index in [9.17, 15) is 0 Å². The Hall–Kier alpha value is 1.10. The molecule has 0 radical (unpaired) electrons. The van der Waals surface area contributed by atoms with Gasteiger partial charge >= 0.3 is 29.6 Å². The van der Waals surface area contributed by atoms with E-state index in [1.165, 1.54) is 0 Å². The zero-order valence-corrected chi connectivity index (χ0v) is 5.76. The van der Waals surface area contributed by atoms with Crippen LogP contribution in [-0.2, 0) is 22.7 Å². The van der Waals surface area contributed by atoms with Gasteiger partial charge in [-0.25, -0.2) is 0 Å². The fourth-order valence-electron chi connectivity index (χ4n) is 0. The first-order valence-corrected chi connectivity index (χ1v) is 3.19. The van der Waals surface area contributed by atoms with Crippen molar-refractivity contribution in [1.82, 2.24) is 6.15 Å². The van der Waals surface area contributed by atoms with Crippen LogP contribution < -0.4 is 6.15 Å². The van der Waals surface area contributed by atoms with Crippen LogP contribution in [0.4, 0.5) is 0 Å². The third kappa shape index (κ3) is 493. The maximum absolute atomic E-state index is 8.67. The van der Waals surface area contributed by atoms with Gasteiger partial charge in [-0.3, -0.25) is 18.2 Å². The van der Waals surface area contributed by atoms with Gasteiger partial charge in [0.25, 0.3) is 22.7 Å². The van der Waals surface area contributed by atoms with E-state index in [1.54, 1.807) is 0 Å². The Kier molecular flexibility index (Phi) is 37.3. The molecule has 0 spiro atoms. The van der Waals surface area contributed by atoms with Gasteiger partial charge in [0, 0.05) is 0 Å². The second-order valence-electron chi connectivity index (χ2n) is 0.461. The van der Waals surface area contributed by atoms with Crippen LogP contribution in [0.15, 0.2) is 0 Å². The minimum atomic E-state index is -2.61. The van der Waals surface area contributed by atoms with E-state index in [4.69, 9.17) is 26.6 Å². The summed E-state index contributed by atoms with van der Waals surface area (Å²) in [6.45, 7) is 0. The van der Waals surface area contributed by atoms with Crippen LogP contribution in [0.5, 0.6) is 0 Å². The molecule has 0 aromatic rings. The van der Waals surface area contributed by atoms with Gasteiger partial charge < -0.3 is 6.15 Å². The molecule has 0 fully saturated rings. The van der Waals surface area contributed by atoms with Gasteiger partial charge in [-0.05, 0) is 0 Å². The van der Waals surface area contributed by atoms with E-state index in [0.717, 1.165) is 0 Å². The van der Waals surface area contributed by atoms with E-state index in [-0.39, 0.29) is 35.7 Å². The van der Waals surface area contributed by atoms with Crippen molar-refractivity contribution in [3.8, 4) is 0 Å². The molecule has 0 saturated carbocycles. The normalized spacial score (nSPS) is 7.00. The van der Waals surface area contributed by atoms with Crippen molar-refractivity contribution in [1.29, 1.82) is 0 Å². The molecular weight excluding hydrogens is 197 g/mol. The van der Waals surface area contributed by atoms with Crippen LogP contribution in [0.25, 0.3) is 0 Å². The molecule has 7 N–H and O–H groups in total. The molecule has 0 bridgehead atoms. The molecule has 0 aromatic carbocycles. The Morgan fingerprint density at radius 3 is 0.800 bits per heavy atom. The molecule has 0 amide bonds.